The van der Waals surface area contributed by atoms with Gasteiger partial charge < -0.3 is 10.4 Å². The molecule has 0 spiro atoms. The van der Waals surface area contributed by atoms with Crippen LogP contribution in [0.15, 0.2) is 18.2 Å². The summed E-state index contributed by atoms with van der Waals surface area (Å²) in [7, 11) is 0. The molecule has 0 aromatic heterocycles. The number of aliphatic carboxylic acids is 1. The van der Waals surface area contributed by atoms with Crippen LogP contribution in [0.2, 0.25) is 0 Å². The van der Waals surface area contributed by atoms with E-state index in [1.165, 1.54) is 13.0 Å². The van der Waals surface area contributed by atoms with Crippen LogP contribution >= 0.6 is 0 Å². The van der Waals surface area contributed by atoms with Crippen LogP contribution in [0.5, 0.6) is 0 Å². The monoisotopic (exact) mass is 296 g/mol. The van der Waals surface area contributed by atoms with Gasteiger partial charge in [-0.1, -0.05) is 19.4 Å². The third-order valence-corrected chi connectivity index (χ3v) is 3.32. The fourth-order valence-electron chi connectivity index (χ4n) is 1.92. The van der Waals surface area contributed by atoms with E-state index in [1.807, 2.05) is 6.92 Å². The van der Waals surface area contributed by atoms with E-state index in [1.54, 1.807) is 19.1 Å². The summed E-state index contributed by atoms with van der Waals surface area (Å²) in [5.74, 6) is -1.82. The van der Waals surface area contributed by atoms with Gasteiger partial charge in [-0.2, -0.15) is 0 Å². The van der Waals surface area contributed by atoms with Crippen LogP contribution in [0.3, 0.4) is 0 Å². The molecule has 0 aliphatic heterocycles. The SMILES string of the molecule is CCCC(C)(NCC(=O)Nc1ccc(C)c(F)c1)C(=O)O. The summed E-state index contributed by atoms with van der Waals surface area (Å²) < 4.78 is 13.4. The topological polar surface area (TPSA) is 78.4 Å². The Balaban J connectivity index is 2.61. The van der Waals surface area contributed by atoms with Gasteiger partial charge in [0, 0.05) is 5.69 Å². The molecule has 0 heterocycles. The van der Waals surface area contributed by atoms with Crippen LogP contribution < -0.4 is 10.6 Å². The number of amides is 1. The van der Waals surface area contributed by atoms with E-state index in [2.05, 4.69) is 10.6 Å². The highest BCUT2D eigenvalue weighted by atomic mass is 19.1. The smallest absolute Gasteiger partial charge is 0.323 e. The molecule has 0 bridgehead atoms. The maximum absolute atomic E-state index is 13.4. The molecule has 0 saturated carbocycles. The molecular formula is C15H21FN2O3. The summed E-state index contributed by atoms with van der Waals surface area (Å²) in [6, 6.07) is 4.39. The van der Waals surface area contributed by atoms with Gasteiger partial charge in [-0.15, -0.1) is 0 Å². The average molecular weight is 296 g/mol. The van der Waals surface area contributed by atoms with Crippen LogP contribution in [-0.2, 0) is 9.59 Å². The van der Waals surface area contributed by atoms with Gasteiger partial charge in [0.1, 0.15) is 11.4 Å². The Labute approximate surface area is 123 Å². The Morgan fingerprint density at radius 2 is 2.05 bits per heavy atom. The lowest BCUT2D eigenvalue weighted by Gasteiger charge is -2.25. The maximum Gasteiger partial charge on any atom is 0.323 e. The number of benzene rings is 1. The fourth-order valence-corrected chi connectivity index (χ4v) is 1.92. The number of nitrogens with one attached hydrogen (secondary N) is 2. The number of rotatable bonds is 7. The number of halogens is 1. The number of carbonyl (C=O) groups excluding carboxylic acids is 1. The van der Waals surface area contributed by atoms with Crippen molar-refractivity contribution in [3.63, 3.8) is 0 Å². The zero-order chi connectivity index (χ0) is 16.0. The minimum atomic E-state index is -1.15. The van der Waals surface area contributed by atoms with Crippen molar-refractivity contribution in [1.29, 1.82) is 0 Å². The standard InChI is InChI=1S/C15H21FN2O3/c1-4-7-15(3,14(20)21)17-9-13(19)18-11-6-5-10(2)12(16)8-11/h5-6,8,17H,4,7,9H2,1-3H3,(H,18,19)(H,20,21). The lowest BCUT2D eigenvalue weighted by atomic mass is 9.96. The molecule has 1 rings (SSSR count). The van der Waals surface area contributed by atoms with Gasteiger partial charge in [-0.25, -0.2) is 4.39 Å². The third kappa shape index (κ3) is 4.82. The molecule has 0 aliphatic carbocycles. The first-order chi connectivity index (χ1) is 9.78. The van der Waals surface area contributed by atoms with Crippen molar-refractivity contribution in [2.24, 2.45) is 0 Å². The number of carboxylic acids is 1. The predicted molar refractivity (Wildman–Crippen MR) is 78.7 cm³/mol. The molecule has 1 aromatic carbocycles. The molecule has 5 nitrogen and oxygen atoms in total. The predicted octanol–water partition coefficient (Wildman–Crippen LogP) is 2.31. The Hall–Kier alpha value is -1.95. The number of carboxylic acid groups (broad SMARTS) is 1. The van der Waals surface area contributed by atoms with E-state index >= 15 is 0 Å². The Morgan fingerprint density at radius 1 is 1.38 bits per heavy atom. The highest BCUT2D eigenvalue weighted by Crippen LogP contribution is 2.14. The molecule has 0 aliphatic rings. The van der Waals surface area contributed by atoms with E-state index in [9.17, 15) is 19.1 Å². The van der Waals surface area contributed by atoms with Crippen molar-refractivity contribution in [2.75, 3.05) is 11.9 Å². The molecule has 1 unspecified atom stereocenters. The van der Waals surface area contributed by atoms with Crippen molar-refractivity contribution in [3.8, 4) is 0 Å². The van der Waals surface area contributed by atoms with Gasteiger partial charge in [0.2, 0.25) is 5.91 Å². The van der Waals surface area contributed by atoms with E-state index < -0.39 is 23.2 Å². The highest BCUT2D eigenvalue weighted by molar-refractivity contribution is 5.92. The van der Waals surface area contributed by atoms with E-state index in [0.29, 0.717) is 24.1 Å². The zero-order valence-electron chi connectivity index (χ0n) is 12.5. The number of carbonyl (C=O) groups is 2. The van der Waals surface area contributed by atoms with Gasteiger partial charge in [-0.3, -0.25) is 14.9 Å². The highest BCUT2D eigenvalue weighted by Gasteiger charge is 2.31. The summed E-state index contributed by atoms with van der Waals surface area (Å²) in [6.45, 7) is 4.89. The van der Waals surface area contributed by atoms with Crippen molar-refractivity contribution in [2.45, 2.75) is 39.2 Å². The summed E-state index contributed by atoms with van der Waals surface area (Å²) in [6.07, 6.45) is 1.09. The second-order valence-corrected chi connectivity index (χ2v) is 5.25. The minimum absolute atomic E-state index is 0.154. The summed E-state index contributed by atoms with van der Waals surface area (Å²) >= 11 is 0. The first-order valence-corrected chi connectivity index (χ1v) is 6.83. The largest absolute Gasteiger partial charge is 0.480 e. The summed E-state index contributed by atoms with van der Waals surface area (Å²) in [5.41, 5.74) is -0.310. The van der Waals surface area contributed by atoms with Crippen molar-refractivity contribution in [1.82, 2.24) is 5.32 Å². The Morgan fingerprint density at radius 3 is 2.57 bits per heavy atom. The third-order valence-electron chi connectivity index (χ3n) is 3.32. The molecular weight excluding hydrogens is 275 g/mol. The number of hydrogen-bond acceptors (Lipinski definition) is 3. The normalized spacial score (nSPS) is 13.5. The van der Waals surface area contributed by atoms with Crippen LogP contribution in [0.1, 0.15) is 32.3 Å². The minimum Gasteiger partial charge on any atom is -0.480 e. The average Bonchev–Trinajstić information content (AvgIpc) is 2.41. The number of aryl methyl sites for hydroxylation is 1. The van der Waals surface area contributed by atoms with Gasteiger partial charge in [0.15, 0.2) is 0 Å². The molecule has 3 N–H and O–H groups in total. The van der Waals surface area contributed by atoms with Crippen LogP contribution in [0.25, 0.3) is 0 Å². The Bertz CT molecular complexity index is 534. The van der Waals surface area contributed by atoms with Crippen LogP contribution in [-0.4, -0.2) is 29.1 Å². The zero-order valence-corrected chi connectivity index (χ0v) is 12.5. The van der Waals surface area contributed by atoms with E-state index in [-0.39, 0.29) is 6.54 Å². The molecule has 0 radical (unpaired) electrons. The number of hydrogen-bond donors (Lipinski definition) is 3. The van der Waals surface area contributed by atoms with Gasteiger partial charge in [0.25, 0.3) is 0 Å². The van der Waals surface area contributed by atoms with Gasteiger partial charge >= 0.3 is 5.97 Å². The van der Waals surface area contributed by atoms with E-state index in [0.717, 1.165) is 0 Å². The van der Waals surface area contributed by atoms with Crippen molar-refractivity contribution >= 4 is 17.6 Å². The second kappa shape index (κ2) is 7.17. The Kier molecular flexibility index (Phi) is 5.84. The molecule has 1 amide bonds. The van der Waals surface area contributed by atoms with Gasteiger partial charge in [0.05, 0.1) is 6.54 Å². The quantitative estimate of drug-likeness (QED) is 0.721. The van der Waals surface area contributed by atoms with Crippen LogP contribution in [0, 0.1) is 12.7 Å². The van der Waals surface area contributed by atoms with E-state index in [4.69, 9.17) is 0 Å². The molecule has 1 atom stereocenters. The fraction of sp³-hybridized carbons (Fsp3) is 0.467. The molecule has 1 aromatic rings. The summed E-state index contributed by atoms with van der Waals surface area (Å²) in [5, 5.41) is 14.5. The molecule has 6 heteroatoms. The number of anilines is 1. The first-order valence-electron chi connectivity index (χ1n) is 6.83. The molecule has 0 saturated heterocycles. The molecule has 0 fully saturated rings. The first kappa shape index (κ1) is 17.1. The van der Waals surface area contributed by atoms with Crippen LogP contribution in [0.4, 0.5) is 10.1 Å². The van der Waals surface area contributed by atoms with Crippen molar-refractivity contribution in [3.05, 3.63) is 29.6 Å². The van der Waals surface area contributed by atoms with Crippen molar-refractivity contribution < 1.29 is 19.1 Å². The second-order valence-electron chi connectivity index (χ2n) is 5.25. The lowest BCUT2D eigenvalue weighted by Crippen LogP contribution is -2.51. The lowest BCUT2D eigenvalue weighted by molar-refractivity contribution is -0.144. The molecule has 21 heavy (non-hydrogen) atoms. The van der Waals surface area contributed by atoms with Gasteiger partial charge in [-0.05, 0) is 38.0 Å². The maximum atomic E-state index is 13.4. The molecule has 116 valence electrons. The summed E-state index contributed by atoms with van der Waals surface area (Å²) in [4.78, 5) is 23.0.